The summed E-state index contributed by atoms with van der Waals surface area (Å²) in [5, 5.41) is 16.0. The molecule has 0 amide bonds. The van der Waals surface area contributed by atoms with Gasteiger partial charge in [0.1, 0.15) is 0 Å². The van der Waals surface area contributed by atoms with Gasteiger partial charge >= 0.3 is 11.9 Å². The molecule has 0 saturated carbocycles. The van der Waals surface area contributed by atoms with Crippen LogP contribution in [0.1, 0.15) is 22.7 Å². The zero-order chi connectivity index (χ0) is 22.9. The molecule has 0 aliphatic carbocycles. The third-order valence-electron chi connectivity index (χ3n) is 4.52. The van der Waals surface area contributed by atoms with Gasteiger partial charge in [0.15, 0.2) is 0 Å². The van der Waals surface area contributed by atoms with Crippen LogP contribution in [0.3, 0.4) is 0 Å². The van der Waals surface area contributed by atoms with E-state index in [1.54, 1.807) is 14.1 Å². The van der Waals surface area contributed by atoms with E-state index in [-0.39, 0.29) is 18.0 Å². The summed E-state index contributed by atoms with van der Waals surface area (Å²) < 4.78 is 44.2. The zero-order valence-corrected chi connectivity index (χ0v) is 17.1. The minimum Gasteiger partial charge on any atom is -0.548 e. The Morgan fingerprint density at radius 1 is 1.23 bits per heavy atom. The summed E-state index contributed by atoms with van der Waals surface area (Å²) in [6, 6.07) is 7.40. The fourth-order valence-electron chi connectivity index (χ4n) is 3.08. The van der Waals surface area contributed by atoms with Crippen molar-refractivity contribution in [3.05, 3.63) is 74.7 Å². The first kappa shape index (κ1) is 22.6. The van der Waals surface area contributed by atoms with Crippen molar-refractivity contribution in [3.63, 3.8) is 0 Å². The number of aromatic nitrogens is 2. The highest BCUT2D eigenvalue weighted by atomic mass is 35.5. The molecule has 11 heteroatoms. The maximum atomic E-state index is 12.7. The van der Waals surface area contributed by atoms with Crippen LogP contribution in [0.15, 0.2) is 51.7 Å². The Bertz CT molecular complexity index is 1150. The lowest BCUT2D eigenvalue weighted by Crippen LogP contribution is -2.38. The number of carboxylic acids is 1. The first-order valence-electron chi connectivity index (χ1n) is 8.88. The molecule has 3 rings (SSSR count). The summed E-state index contributed by atoms with van der Waals surface area (Å²) in [5.74, 6) is -2.38. The maximum absolute atomic E-state index is 12.7. The van der Waals surface area contributed by atoms with Gasteiger partial charge in [-0.2, -0.15) is 17.9 Å². The summed E-state index contributed by atoms with van der Waals surface area (Å²) in [6.45, 7) is -0.170. The molecule has 0 bridgehead atoms. The lowest BCUT2D eigenvalue weighted by Gasteiger charge is -2.27. The second kappa shape index (κ2) is 8.56. The second-order valence-electron chi connectivity index (χ2n) is 6.93. The van der Waals surface area contributed by atoms with Crippen molar-refractivity contribution in [1.82, 2.24) is 14.7 Å². The highest BCUT2D eigenvalue weighted by Gasteiger charge is 2.30. The number of likely N-dealkylation sites (N-methyl/N-ethyl adjacent to an activating group) is 1. The molecule has 2 aromatic carbocycles. The number of halogens is 4. The molecule has 0 aliphatic heterocycles. The molecule has 164 valence electrons. The third kappa shape index (κ3) is 4.97. The van der Waals surface area contributed by atoms with Crippen molar-refractivity contribution in [1.29, 1.82) is 0 Å². The molecule has 0 spiro atoms. The van der Waals surface area contributed by atoms with Crippen molar-refractivity contribution in [2.75, 3.05) is 14.1 Å². The first-order chi connectivity index (χ1) is 14.5. The van der Waals surface area contributed by atoms with Gasteiger partial charge in [-0.3, -0.25) is 4.90 Å². The van der Waals surface area contributed by atoms with Crippen LogP contribution >= 0.6 is 11.6 Å². The van der Waals surface area contributed by atoms with Gasteiger partial charge in [0.25, 0.3) is 0 Å². The summed E-state index contributed by atoms with van der Waals surface area (Å²) >= 11 is 6.04. The Morgan fingerprint density at radius 3 is 2.42 bits per heavy atom. The summed E-state index contributed by atoms with van der Waals surface area (Å²) in [7, 11) is 3.12. The molecule has 1 unspecified atom stereocenters. The number of rotatable bonds is 6. The van der Waals surface area contributed by atoms with Gasteiger partial charge in [0.2, 0.25) is 5.89 Å². The molecule has 0 aliphatic rings. The Balaban J connectivity index is 1.97. The molecule has 0 saturated heterocycles. The highest BCUT2D eigenvalue weighted by molar-refractivity contribution is 6.30. The predicted molar refractivity (Wildman–Crippen MR) is 103 cm³/mol. The van der Waals surface area contributed by atoms with Crippen molar-refractivity contribution in [2.24, 2.45) is 0 Å². The first-order valence-corrected chi connectivity index (χ1v) is 9.26. The monoisotopic (exact) mass is 454 g/mol. The Labute approximate surface area is 179 Å². The number of alkyl halides is 3. The van der Waals surface area contributed by atoms with Crippen LogP contribution in [0.5, 0.6) is 0 Å². The average Bonchev–Trinajstić information content (AvgIpc) is 3.03. The molecule has 1 atom stereocenters. The van der Waals surface area contributed by atoms with E-state index >= 15 is 0 Å². The number of aliphatic carboxylic acids is 1. The van der Waals surface area contributed by atoms with E-state index in [1.165, 1.54) is 23.1 Å². The van der Waals surface area contributed by atoms with Crippen molar-refractivity contribution in [3.8, 4) is 11.5 Å². The van der Waals surface area contributed by atoms with Crippen LogP contribution in [0.2, 0.25) is 5.02 Å². The van der Waals surface area contributed by atoms with E-state index in [2.05, 4.69) is 5.10 Å². The SMILES string of the molecule is CN(C)C(C(=O)[O-])c1ccc(Cl)cc1Cn1nc(-c2ccc(C(F)(F)F)cc2)oc1=O. The van der Waals surface area contributed by atoms with E-state index in [4.69, 9.17) is 16.0 Å². The van der Waals surface area contributed by atoms with Gasteiger partial charge < -0.3 is 14.3 Å². The largest absolute Gasteiger partial charge is 0.548 e. The van der Waals surface area contributed by atoms with Crippen LogP contribution < -0.4 is 10.9 Å². The van der Waals surface area contributed by atoms with Crippen LogP contribution in [-0.2, 0) is 17.5 Å². The summed E-state index contributed by atoms with van der Waals surface area (Å²) in [6.07, 6.45) is -4.50. The number of nitrogens with zero attached hydrogens (tertiary/aromatic N) is 3. The molecule has 3 aromatic rings. The van der Waals surface area contributed by atoms with E-state index in [0.717, 1.165) is 28.9 Å². The second-order valence-corrected chi connectivity index (χ2v) is 7.37. The smallest absolute Gasteiger partial charge is 0.437 e. The summed E-state index contributed by atoms with van der Waals surface area (Å²) in [4.78, 5) is 25.3. The number of benzene rings is 2. The topological polar surface area (TPSA) is 91.4 Å². The molecular formula is C20H16ClF3N3O4-. The van der Waals surface area contributed by atoms with Crippen molar-refractivity contribution < 1.29 is 27.5 Å². The Morgan fingerprint density at radius 2 is 1.87 bits per heavy atom. The number of carbonyl (C=O) groups is 1. The van der Waals surface area contributed by atoms with Crippen LogP contribution in [0, 0.1) is 0 Å². The molecule has 0 fully saturated rings. The zero-order valence-electron chi connectivity index (χ0n) is 16.3. The van der Waals surface area contributed by atoms with Gasteiger partial charge in [-0.25, -0.2) is 4.79 Å². The highest BCUT2D eigenvalue weighted by Crippen LogP contribution is 2.30. The van der Waals surface area contributed by atoms with Crippen LogP contribution in [0.25, 0.3) is 11.5 Å². The minimum absolute atomic E-state index is 0.170. The van der Waals surface area contributed by atoms with Gasteiger partial charge in [0, 0.05) is 10.6 Å². The van der Waals surface area contributed by atoms with E-state index in [1.807, 2.05) is 0 Å². The molecule has 7 nitrogen and oxygen atoms in total. The molecule has 31 heavy (non-hydrogen) atoms. The summed E-state index contributed by atoms with van der Waals surface area (Å²) in [5.41, 5.74) is 0.0693. The predicted octanol–water partition coefficient (Wildman–Crippen LogP) is 2.58. The van der Waals surface area contributed by atoms with E-state index in [9.17, 15) is 27.9 Å². The molecule has 1 aromatic heterocycles. The van der Waals surface area contributed by atoms with E-state index in [0.29, 0.717) is 16.1 Å². The Hall–Kier alpha value is -3.11. The standard InChI is InChI=1S/C20H17ClF3N3O4/c1-26(2)16(18(28)29)15-8-7-14(21)9-12(15)10-27-19(30)31-17(25-27)11-3-5-13(6-4-11)20(22,23)24/h3-9,16H,10H2,1-2H3,(H,28,29)/p-1. The van der Waals surface area contributed by atoms with E-state index < -0.39 is 29.5 Å². The van der Waals surface area contributed by atoms with Crippen LogP contribution in [0.4, 0.5) is 13.2 Å². The quantitative estimate of drug-likeness (QED) is 0.568. The molecular weight excluding hydrogens is 439 g/mol. The number of hydrogen-bond donors (Lipinski definition) is 0. The maximum Gasteiger partial charge on any atom is 0.437 e. The lowest BCUT2D eigenvalue weighted by molar-refractivity contribution is -0.311. The molecule has 1 heterocycles. The van der Waals surface area contributed by atoms with Gasteiger partial charge in [0.05, 0.1) is 24.1 Å². The van der Waals surface area contributed by atoms with Gasteiger partial charge in [-0.15, -0.1) is 5.10 Å². The third-order valence-corrected chi connectivity index (χ3v) is 4.76. The number of carboxylic acid groups (broad SMARTS) is 1. The molecule has 0 radical (unpaired) electrons. The van der Waals surface area contributed by atoms with Crippen molar-refractivity contribution in [2.45, 2.75) is 18.8 Å². The van der Waals surface area contributed by atoms with Crippen LogP contribution in [-0.4, -0.2) is 34.7 Å². The normalized spacial score (nSPS) is 12.9. The lowest BCUT2D eigenvalue weighted by atomic mass is 9.99. The Kier molecular flexibility index (Phi) is 6.23. The van der Waals surface area contributed by atoms with Crippen molar-refractivity contribution >= 4 is 17.6 Å². The minimum atomic E-state index is -4.50. The fourth-order valence-corrected chi connectivity index (χ4v) is 3.27. The van der Waals surface area contributed by atoms with Gasteiger partial charge in [-0.05, 0) is 61.6 Å². The number of hydrogen-bond acceptors (Lipinski definition) is 6. The fraction of sp³-hybridized carbons (Fsp3) is 0.250. The number of carbonyl (C=O) groups excluding carboxylic acids is 1. The average molecular weight is 455 g/mol. The van der Waals surface area contributed by atoms with Gasteiger partial charge in [-0.1, -0.05) is 17.7 Å². The molecule has 0 N–H and O–H groups in total.